The van der Waals surface area contributed by atoms with Crippen LogP contribution in [0, 0.1) is 0 Å². The number of carbonyl (C=O) groups excluding carboxylic acids is 1. The molecule has 140 valence electrons. The van der Waals surface area contributed by atoms with Gasteiger partial charge in [-0.05, 0) is 38.5 Å². The van der Waals surface area contributed by atoms with Gasteiger partial charge in [-0.25, -0.2) is 0 Å². The Bertz CT molecular complexity index is 787. The summed E-state index contributed by atoms with van der Waals surface area (Å²) in [6.07, 6.45) is 3.63. The highest BCUT2D eigenvalue weighted by molar-refractivity contribution is 8.07. The second kappa shape index (κ2) is 9.14. The molecule has 5 nitrogen and oxygen atoms in total. The summed E-state index contributed by atoms with van der Waals surface area (Å²) in [4.78, 5) is 15.8. The molecule has 26 heavy (non-hydrogen) atoms. The maximum absolute atomic E-state index is 12.9. The van der Waals surface area contributed by atoms with E-state index in [4.69, 9.17) is 21.5 Å². The number of methoxy groups -OCH3 is 1. The molecule has 0 aromatic heterocycles. The molecule has 0 radical (unpaired) electrons. The van der Waals surface area contributed by atoms with E-state index in [1.165, 1.54) is 18.9 Å². The molecule has 0 spiro atoms. The number of rotatable bonds is 7. The quantitative estimate of drug-likeness (QED) is 0.223. The van der Waals surface area contributed by atoms with Gasteiger partial charge in [0.1, 0.15) is 5.75 Å². The molecule has 0 saturated heterocycles. The number of carbonyl (C=O) groups is 1. The monoisotopic (exact) mass is 394 g/mol. The Balaban J connectivity index is 2.39. The topological polar surface area (TPSA) is 62.1 Å². The van der Waals surface area contributed by atoms with Gasteiger partial charge >= 0.3 is 0 Å². The number of benzene rings is 1. The largest absolute Gasteiger partial charge is 0.496 e. The Morgan fingerprint density at radius 3 is 2.81 bits per heavy atom. The molecule has 1 N–H and O–H groups in total. The van der Waals surface area contributed by atoms with Crippen LogP contribution in [-0.4, -0.2) is 35.3 Å². The Kier molecular flexibility index (Phi) is 7.17. The predicted molar refractivity (Wildman–Crippen MR) is 107 cm³/mol. The van der Waals surface area contributed by atoms with E-state index in [1.54, 1.807) is 31.2 Å². The zero-order valence-corrected chi connectivity index (χ0v) is 16.9. The Hall–Kier alpha value is -1.92. The van der Waals surface area contributed by atoms with Gasteiger partial charge < -0.3 is 14.8 Å². The first-order valence-electron chi connectivity index (χ1n) is 8.37. The molecule has 1 aromatic rings. The molecule has 1 heterocycles. The van der Waals surface area contributed by atoms with Crippen molar-refractivity contribution in [3.8, 4) is 5.75 Å². The van der Waals surface area contributed by atoms with Crippen LogP contribution in [-0.2, 0) is 0 Å². The summed E-state index contributed by atoms with van der Waals surface area (Å²) in [6, 6.07) is 4.98. The van der Waals surface area contributed by atoms with Gasteiger partial charge in [0.2, 0.25) is 0 Å². The molecule has 1 aliphatic rings. The average molecular weight is 395 g/mol. The number of ether oxygens (including phenoxy) is 1. The molecule has 0 atom stereocenters. The lowest BCUT2D eigenvalue weighted by atomic mass is 10.1. The summed E-state index contributed by atoms with van der Waals surface area (Å²) in [6.45, 7) is 6.63. The third kappa shape index (κ3) is 4.43. The Labute approximate surface area is 163 Å². The summed E-state index contributed by atoms with van der Waals surface area (Å²) in [5, 5.41) is 13.7. The molecule has 0 unspecified atom stereocenters. The molecule has 0 fully saturated rings. The van der Waals surface area contributed by atoms with Crippen molar-refractivity contribution in [2.24, 2.45) is 5.16 Å². The number of hydrogen-bond acceptors (Lipinski definition) is 6. The molecule has 1 aliphatic heterocycles. The number of ketones is 1. The third-order valence-electron chi connectivity index (χ3n) is 4.10. The van der Waals surface area contributed by atoms with Crippen molar-refractivity contribution in [1.82, 2.24) is 4.90 Å². The number of thioether (sulfide) groups is 1. The molecular formula is C19H23ClN2O3S. The van der Waals surface area contributed by atoms with Gasteiger partial charge in [0, 0.05) is 23.3 Å². The fourth-order valence-electron chi connectivity index (χ4n) is 2.67. The van der Waals surface area contributed by atoms with Crippen LogP contribution in [0.15, 0.2) is 45.1 Å². The highest BCUT2D eigenvalue weighted by Crippen LogP contribution is 2.42. The van der Waals surface area contributed by atoms with Crippen molar-refractivity contribution in [2.45, 2.75) is 33.6 Å². The van der Waals surface area contributed by atoms with Crippen LogP contribution in [0.1, 0.15) is 44.0 Å². The van der Waals surface area contributed by atoms with Gasteiger partial charge in [0.15, 0.2) is 5.78 Å². The van der Waals surface area contributed by atoms with Crippen molar-refractivity contribution in [1.29, 1.82) is 0 Å². The van der Waals surface area contributed by atoms with E-state index in [-0.39, 0.29) is 5.78 Å². The van der Waals surface area contributed by atoms with Crippen LogP contribution in [0.25, 0.3) is 0 Å². The minimum Gasteiger partial charge on any atom is -0.496 e. The van der Waals surface area contributed by atoms with Crippen LogP contribution in [0.3, 0.4) is 0 Å². The number of unbranched alkanes of at least 4 members (excludes halogenated alkanes) is 1. The summed E-state index contributed by atoms with van der Waals surface area (Å²) in [5.41, 5.74) is 1.93. The van der Waals surface area contributed by atoms with Crippen molar-refractivity contribution in [2.75, 3.05) is 13.7 Å². The molecule has 0 bridgehead atoms. The summed E-state index contributed by atoms with van der Waals surface area (Å²) >= 11 is 7.47. The standard InChI is InChI=1S/C19H23ClN2O3S/c1-5-6-9-22-13(3)19(12(2)21-24)26-18(22)11-16(23)15-10-14(20)7-8-17(15)25-4/h7-8,10-11,24H,5-6,9H2,1-4H3. The molecule has 2 rings (SSSR count). The lowest BCUT2D eigenvalue weighted by Crippen LogP contribution is -2.18. The third-order valence-corrected chi connectivity index (χ3v) is 5.68. The fourth-order valence-corrected chi connectivity index (χ4v) is 4.00. The fraction of sp³-hybridized carbons (Fsp3) is 0.368. The average Bonchev–Trinajstić information content (AvgIpc) is 2.94. The Morgan fingerprint density at radius 1 is 1.46 bits per heavy atom. The first kappa shape index (κ1) is 20.4. The van der Waals surface area contributed by atoms with Crippen molar-refractivity contribution in [3.05, 3.63) is 50.5 Å². The van der Waals surface area contributed by atoms with E-state index in [9.17, 15) is 4.79 Å². The SMILES string of the molecule is CCCCN1C(=CC(=O)c2cc(Cl)ccc2OC)SC(C(C)=NO)=C1C. The minimum atomic E-state index is -0.180. The second-order valence-electron chi connectivity index (χ2n) is 5.90. The van der Waals surface area contributed by atoms with Gasteiger partial charge in [-0.15, -0.1) is 0 Å². The van der Waals surface area contributed by atoms with Gasteiger partial charge in [-0.2, -0.15) is 0 Å². The molecule has 0 saturated carbocycles. The molecule has 1 aromatic carbocycles. The first-order valence-corrected chi connectivity index (χ1v) is 9.57. The van der Waals surface area contributed by atoms with Crippen molar-refractivity contribution < 1.29 is 14.7 Å². The highest BCUT2D eigenvalue weighted by atomic mass is 35.5. The van der Waals surface area contributed by atoms with Crippen LogP contribution >= 0.6 is 23.4 Å². The van der Waals surface area contributed by atoms with Crippen molar-refractivity contribution in [3.63, 3.8) is 0 Å². The van der Waals surface area contributed by atoms with Crippen molar-refractivity contribution >= 4 is 34.9 Å². The maximum Gasteiger partial charge on any atom is 0.192 e. The van der Waals surface area contributed by atoms with E-state index in [2.05, 4.69) is 17.0 Å². The summed E-state index contributed by atoms with van der Waals surface area (Å²) in [7, 11) is 1.52. The number of nitrogens with zero attached hydrogens (tertiary/aromatic N) is 2. The normalized spacial score (nSPS) is 16.6. The highest BCUT2D eigenvalue weighted by Gasteiger charge is 2.28. The first-order chi connectivity index (χ1) is 12.4. The van der Waals surface area contributed by atoms with Gasteiger partial charge in [0.25, 0.3) is 0 Å². The lowest BCUT2D eigenvalue weighted by Gasteiger charge is -2.21. The second-order valence-corrected chi connectivity index (χ2v) is 7.37. The van der Waals surface area contributed by atoms with E-state index in [1.807, 2.05) is 6.92 Å². The van der Waals surface area contributed by atoms with E-state index in [0.29, 0.717) is 22.0 Å². The zero-order chi connectivity index (χ0) is 19.3. The smallest absolute Gasteiger partial charge is 0.192 e. The predicted octanol–water partition coefficient (Wildman–Crippen LogP) is 5.30. The molecule has 0 aliphatic carbocycles. The van der Waals surface area contributed by atoms with Gasteiger partial charge in [-0.1, -0.05) is 41.9 Å². The zero-order valence-electron chi connectivity index (χ0n) is 15.4. The van der Waals surface area contributed by atoms with Crippen LogP contribution < -0.4 is 4.74 Å². The van der Waals surface area contributed by atoms with Gasteiger partial charge in [0.05, 0.1) is 28.3 Å². The van der Waals surface area contributed by atoms with E-state index < -0.39 is 0 Å². The minimum absolute atomic E-state index is 0.180. The van der Waals surface area contributed by atoms with E-state index in [0.717, 1.165) is 35.0 Å². The number of oxime groups is 1. The maximum atomic E-state index is 12.9. The van der Waals surface area contributed by atoms with Crippen LogP contribution in [0.2, 0.25) is 5.02 Å². The van der Waals surface area contributed by atoms with Crippen LogP contribution in [0.5, 0.6) is 5.75 Å². The van der Waals surface area contributed by atoms with E-state index >= 15 is 0 Å². The Morgan fingerprint density at radius 2 is 2.19 bits per heavy atom. The summed E-state index contributed by atoms with van der Waals surface area (Å²) < 4.78 is 5.28. The molecular weight excluding hydrogens is 372 g/mol. The molecule has 7 heteroatoms. The number of hydrogen-bond donors (Lipinski definition) is 1. The van der Waals surface area contributed by atoms with Crippen LogP contribution in [0.4, 0.5) is 0 Å². The molecule has 0 amide bonds. The van der Waals surface area contributed by atoms with Gasteiger partial charge in [-0.3, -0.25) is 4.79 Å². The number of halogens is 1. The lowest BCUT2D eigenvalue weighted by molar-refractivity contribution is 0.104. The number of allylic oxidation sites excluding steroid dienone is 3. The summed E-state index contributed by atoms with van der Waals surface area (Å²) in [5.74, 6) is 0.304.